The number of anilines is 1. The molecule has 0 saturated carbocycles. The van der Waals surface area contributed by atoms with Gasteiger partial charge in [-0.3, -0.25) is 9.59 Å². The Morgan fingerprint density at radius 1 is 1.00 bits per heavy atom. The summed E-state index contributed by atoms with van der Waals surface area (Å²) in [7, 11) is 1.60. The molecule has 1 heterocycles. The number of carbonyl (C=O) groups excluding carboxylic acids is 2. The van der Waals surface area contributed by atoms with Crippen LogP contribution in [0.2, 0.25) is 0 Å². The smallest absolute Gasteiger partial charge is 0.251 e. The van der Waals surface area contributed by atoms with E-state index in [1.807, 2.05) is 54.8 Å². The minimum absolute atomic E-state index is 0.0621. The van der Waals surface area contributed by atoms with Crippen LogP contribution in [0.25, 0.3) is 11.0 Å². The summed E-state index contributed by atoms with van der Waals surface area (Å²) in [6.45, 7) is 3.90. The number of aromatic nitrogens is 2. The van der Waals surface area contributed by atoms with Gasteiger partial charge in [-0.15, -0.1) is 0 Å². The van der Waals surface area contributed by atoms with Crippen molar-refractivity contribution in [2.45, 2.75) is 26.4 Å². The third kappa shape index (κ3) is 5.03. The molecule has 0 bridgehead atoms. The Bertz CT molecular complexity index is 1280. The van der Waals surface area contributed by atoms with Crippen molar-refractivity contribution in [3.05, 3.63) is 89.7 Å². The van der Waals surface area contributed by atoms with Crippen molar-refractivity contribution in [1.29, 1.82) is 0 Å². The Morgan fingerprint density at radius 2 is 1.70 bits per heavy atom. The van der Waals surface area contributed by atoms with Gasteiger partial charge in [0.25, 0.3) is 5.91 Å². The Labute approximate surface area is 192 Å². The van der Waals surface area contributed by atoms with Gasteiger partial charge in [-0.1, -0.05) is 29.8 Å². The largest absolute Gasteiger partial charge is 0.497 e. The monoisotopic (exact) mass is 442 g/mol. The second-order valence-corrected chi connectivity index (χ2v) is 7.88. The molecule has 1 atom stereocenters. The number of hydrogen-bond acceptors (Lipinski definition) is 4. The van der Waals surface area contributed by atoms with E-state index >= 15 is 0 Å². The minimum atomic E-state index is -0.403. The summed E-state index contributed by atoms with van der Waals surface area (Å²) in [5.74, 6) is 0.945. The zero-order valence-corrected chi connectivity index (χ0v) is 18.8. The molecular formula is C26H26N4O3. The average Bonchev–Trinajstić information content (AvgIpc) is 3.18. The highest BCUT2D eigenvalue weighted by atomic mass is 16.5. The predicted octanol–water partition coefficient (Wildman–Crippen LogP) is 4.48. The van der Waals surface area contributed by atoms with Crippen LogP contribution in [0.4, 0.5) is 5.69 Å². The quantitative estimate of drug-likeness (QED) is 0.442. The van der Waals surface area contributed by atoms with E-state index in [0.29, 0.717) is 22.8 Å². The first kappa shape index (κ1) is 22.1. The maximum Gasteiger partial charge on any atom is 0.251 e. The Balaban J connectivity index is 1.56. The van der Waals surface area contributed by atoms with Crippen LogP contribution in [-0.4, -0.2) is 28.5 Å². The number of nitrogens with zero attached hydrogens (tertiary/aromatic N) is 2. The molecule has 2 amide bonds. The molecule has 4 aromatic rings. The third-order valence-corrected chi connectivity index (χ3v) is 5.41. The fraction of sp³-hybridized carbons (Fsp3) is 0.192. The van der Waals surface area contributed by atoms with Crippen LogP contribution in [-0.2, 0) is 11.3 Å². The second kappa shape index (κ2) is 9.56. The maximum absolute atomic E-state index is 12.9. The Morgan fingerprint density at radius 3 is 2.39 bits per heavy atom. The normalized spacial score (nSPS) is 11.7. The van der Waals surface area contributed by atoms with Gasteiger partial charge in [0.15, 0.2) is 0 Å². The van der Waals surface area contributed by atoms with E-state index in [1.165, 1.54) is 0 Å². The summed E-state index contributed by atoms with van der Waals surface area (Å²) in [5, 5.41) is 5.90. The Hall–Kier alpha value is -4.13. The number of nitrogens with one attached hydrogen (secondary N) is 2. The molecule has 1 aromatic heterocycles. The lowest BCUT2D eigenvalue weighted by molar-refractivity contribution is -0.116. The molecule has 0 aliphatic carbocycles. The summed E-state index contributed by atoms with van der Waals surface area (Å²) >= 11 is 0. The van der Waals surface area contributed by atoms with E-state index in [9.17, 15) is 9.59 Å². The van der Waals surface area contributed by atoms with Gasteiger partial charge in [-0.05, 0) is 62.4 Å². The first-order chi connectivity index (χ1) is 15.9. The molecule has 0 fully saturated rings. The lowest BCUT2D eigenvalue weighted by Crippen LogP contribution is -2.30. The van der Waals surface area contributed by atoms with E-state index in [4.69, 9.17) is 9.72 Å². The highest BCUT2D eigenvalue weighted by molar-refractivity contribution is 5.94. The van der Waals surface area contributed by atoms with Crippen molar-refractivity contribution in [2.24, 2.45) is 0 Å². The summed E-state index contributed by atoms with van der Waals surface area (Å²) < 4.78 is 7.00. The fourth-order valence-corrected chi connectivity index (χ4v) is 3.66. The number of carbonyl (C=O) groups is 2. The molecule has 0 radical (unpaired) electrons. The molecule has 7 heteroatoms. The van der Waals surface area contributed by atoms with Crippen molar-refractivity contribution in [2.75, 3.05) is 12.4 Å². The first-order valence-electron chi connectivity index (χ1n) is 10.7. The third-order valence-electron chi connectivity index (χ3n) is 5.41. The van der Waals surface area contributed by atoms with Gasteiger partial charge in [-0.2, -0.15) is 0 Å². The lowest BCUT2D eigenvalue weighted by atomic mass is 10.1. The SMILES string of the molecule is COc1ccc(NC(=O)Cn2c(C(C)NC(=O)c3ccc(C)cc3)nc3ccccc32)cc1. The van der Waals surface area contributed by atoms with Crippen molar-refractivity contribution >= 4 is 28.5 Å². The van der Waals surface area contributed by atoms with Crippen LogP contribution in [0, 0.1) is 6.92 Å². The molecule has 0 aliphatic heterocycles. The van der Waals surface area contributed by atoms with Crippen molar-refractivity contribution in [1.82, 2.24) is 14.9 Å². The van der Waals surface area contributed by atoms with E-state index < -0.39 is 6.04 Å². The van der Waals surface area contributed by atoms with Crippen molar-refractivity contribution in [3.63, 3.8) is 0 Å². The topological polar surface area (TPSA) is 85.2 Å². The van der Waals surface area contributed by atoms with Crippen LogP contribution < -0.4 is 15.4 Å². The number of imidazole rings is 1. The van der Waals surface area contributed by atoms with Crippen molar-refractivity contribution in [3.8, 4) is 5.75 Å². The van der Waals surface area contributed by atoms with Gasteiger partial charge >= 0.3 is 0 Å². The van der Waals surface area contributed by atoms with Crippen LogP contribution in [0.3, 0.4) is 0 Å². The molecule has 2 N–H and O–H groups in total. The summed E-state index contributed by atoms with van der Waals surface area (Å²) in [6, 6.07) is 21.8. The van der Waals surface area contributed by atoms with Crippen LogP contribution in [0.1, 0.15) is 34.7 Å². The first-order valence-corrected chi connectivity index (χ1v) is 10.7. The van der Waals surface area contributed by atoms with E-state index in [1.54, 1.807) is 43.5 Å². The van der Waals surface area contributed by atoms with Gasteiger partial charge in [0, 0.05) is 11.3 Å². The average molecular weight is 443 g/mol. The van der Waals surface area contributed by atoms with Crippen LogP contribution in [0.15, 0.2) is 72.8 Å². The number of aryl methyl sites for hydroxylation is 1. The highest BCUT2D eigenvalue weighted by Crippen LogP contribution is 2.22. The summed E-state index contributed by atoms with van der Waals surface area (Å²) in [6.07, 6.45) is 0. The summed E-state index contributed by atoms with van der Waals surface area (Å²) in [5.41, 5.74) is 3.93. The number of rotatable bonds is 7. The highest BCUT2D eigenvalue weighted by Gasteiger charge is 2.20. The number of fused-ring (bicyclic) bond motifs is 1. The molecule has 168 valence electrons. The number of amides is 2. The van der Waals surface area contributed by atoms with Gasteiger partial charge < -0.3 is 19.9 Å². The van der Waals surface area contributed by atoms with Crippen LogP contribution >= 0.6 is 0 Å². The molecule has 3 aromatic carbocycles. The van der Waals surface area contributed by atoms with E-state index in [0.717, 1.165) is 16.6 Å². The van der Waals surface area contributed by atoms with Gasteiger partial charge in [0.1, 0.15) is 18.1 Å². The molecule has 7 nitrogen and oxygen atoms in total. The molecule has 1 unspecified atom stereocenters. The molecule has 0 aliphatic rings. The summed E-state index contributed by atoms with van der Waals surface area (Å²) in [4.78, 5) is 30.3. The zero-order chi connectivity index (χ0) is 23.4. The number of ether oxygens (including phenoxy) is 1. The second-order valence-electron chi connectivity index (χ2n) is 7.88. The molecule has 0 spiro atoms. The molecular weight excluding hydrogens is 416 g/mol. The fourth-order valence-electron chi connectivity index (χ4n) is 3.66. The minimum Gasteiger partial charge on any atom is -0.497 e. The van der Waals surface area contributed by atoms with Crippen molar-refractivity contribution < 1.29 is 14.3 Å². The lowest BCUT2D eigenvalue weighted by Gasteiger charge is -2.16. The number of methoxy groups -OCH3 is 1. The Kier molecular flexibility index (Phi) is 6.40. The predicted molar refractivity (Wildman–Crippen MR) is 128 cm³/mol. The van der Waals surface area contributed by atoms with E-state index in [2.05, 4.69) is 10.6 Å². The van der Waals surface area contributed by atoms with E-state index in [-0.39, 0.29) is 18.4 Å². The molecule has 0 saturated heterocycles. The molecule has 4 rings (SSSR count). The van der Waals surface area contributed by atoms with Gasteiger partial charge in [0.2, 0.25) is 5.91 Å². The number of hydrogen-bond donors (Lipinski definition) is 2. The standard InChI is InChI=1S/C26H26N4O3/c1-17-8-10-19(11-9-17)26(32)27-18(2)25-29-22-6-4-5-7-23(22)30(25)16-24(31)28-20-12-14-21(33-3)15-13-20/h4-15,18H,16H2,1-3H3,(H,27,32)(H,28,31). The number of para-hydroxylation sites is 2. The number of benzene rings is 3. The van der Waals surface area contributed by atoms with Gasteiger partial charge in [-0.25, -0.2) is 4.98 Å². The zero-order valence-electron chi connectivity index (χ0n) is 18.8. The van der Waals surface area contributed by atoms with Gasteiger partial charge in [0.05, 0.1) is 24.2 Å². The van der Waals surface area contributed by atoms with Crippen LogP contribution in [0.5, 0.6) is 5.75 Å². The maximum atomic E-state index is 12.9. The molecule has 33 heavy (non-hydrogen) atoms.